The summed E-state index contributed by atoms with van der Waals surface area (Å²) in [6, 6.07) is 10.1. The summed E-state index contributed by atoms with van der Waals surface area (Å²) in [5.74, 6) is 0.726. The number of rotatable bonds is 9. The van der Waals surface area contributed by atoms with E-state index in [1.807, 2.05) is 22.8 Å². The fraction of sp³-hybridized carbons (Fsp3) is 0.400. The van der Waals surface area contributed by atoms with Crippen molar-refractivity contribution in [3.8, 4) is 0 Å². The molecule has 118 valence electrons. The molecule has 2 aromatic rings. The molecule has 0 spiro atoms. The first-order valence-electron chi connectivity index (χ1n) is 7.06. The van der Waals surface area contributed by atoms with E-state index in [0.29, 0.717) is 13.0 Å². The summed E-state index contributed by atoms with van der Waals surface area (Å²) in [6.07, 6.45) is 1.57. The number of thioether (sulfide) groups is 1. The predicted molar refractivity (Wildman–Crippen MR) is 85.7 cm³/mol. The average Bonchev–Trinajstić information content (AvgIpc) is 2.89. The quantitative estimate of drug-likeness (QED) is 0.559. The zero-order valence-electron chi connectivity index (χ0n) is 12.6. The second-order valence-corrected chi connectivity index (χ2v) is 5.76. The lowest BCUT2D eigenvalue weighted by Gasteiger charge is -2.09. The van der Waals surface area contributed by atoms with Crippen LogP contribution in [0.15, 0.2) is 35.5 Å². The zero-order chi connectivity index (χ0) is 15.8. The Bertz CT molecular complexity index is 601. The van der Waals surface area contributed by atoms with Gasteiger partial charge in [-0.05, 0) is 12.0 Å². The molecule has 22 heavy (non-hydrogen) atoms. The van der Waals surface area contributed by atoms with Gasteiger partial charge in [0.25, 0.3) is 0 Å². The standard InChI is InChI=1S/C15H20N4O2S/c1-21-9-5-8-19-14(10-12-6-3-2-4-7-12)17-18-15(19)22-11-13(16)20/h2-4,6-7H,5,8-11H2,1H3,(H2,16,20). The van der Waals surface area contributed by atoms with E-state index >= 15 is 0 Å². The number of hydrogen-bond acceptors (Lipinski definition) is 5. The molecular weight excluding hydrogens is 300 g/mol. The van der Waals surface area contributed by atoms with Gasteiger partial charge in [0, 0.05) is 26.7 Å². The number of primary amides is 1. The summed E-state index contributed by atoms with van der Waals surface area (Å²) < 4.78 is 7.14. The molecule has 6 nitrogen and oxygen atoms in total. The van der Waals surface area contributed by atoms with Crippen LogP contribution in [0, 0.1) is 0 Å². The van der Waals surface area contributed by atoms with Crippen molar-refractivity contribution in [2.75, 3.05) is 19.5 Å². The Kier molecular flexibility index (Phi) is 6.42. The molecule has 1 aromatic carbocycles. The SMILES string of the molecule is COCCCn1c(Cc2ccccc2)nnc1SCC(N)=O. The Morgan fingerprint density at radius 2 is 2.09 bits per heavy atom. The summed E-state index contributed by atoms with van der Waals surface area (Å²) in [6.45, 7) is 1.42. The molecule has 0 aliphatic heterocycles. The maximum absolute atomic E-state index is 11.0. The topological polar surface area (TPSA) is 83.0 Å². The van der Waals surface area contributed by atoms with Crippen molar-refractivity contribution in [2.45, 2.75) is 24.5 Å². The van der Waals surface area contributed by atoms with E-state index in [-0.39, 0.29) is 11.7 Å². The van der Waals surface area contributed by atoms with Gasteiger partial charge in [0.1, 0.15) is 5.82 Å². The minimum atomic E-state index is -0.360. The Balaban J connectivity index is 2.14. The normalized spacial score (nSPS) is 10.8. The second-order valence-electron chi connectivity index (χ2n) is 4.81. The minimum Gasteiger partial charge on any atom is -0.385 e. The molecule has 0 unspecified atom stereocenters. The molecule has 2 rings (SSSR count). The van der Waals surface area contributed by atoms with Crippen LogP contribution in [0.25, 0.3) is 0 Å². The average molecular weight is 320 g/mol. The van der Waals surface area contributed by atoms with E-state index < -0.39 is 0 Å². The molecule has 1 heterocycles. The van der Waals surface area contributed by atoms with Gasteiger partial charge in [0.05, 0.1) is 5.75 Å². The van der Waals surface area contributed by atoms with Gasteiger partial charge in [-0.2, -0.15) is 0 Å². The van der Waals surface area contributed by atoms with Crippen molar-refractivity contribution in [1.82, 2.24) is 14.8 Å². The van der Waals surface area contributed by atoms with E-state index in [4.69, 9.17) is 10.5 Å². The molecule has 1 amide bonds. The fourth-order valence-electron chi connectivity index (χ4n) is 2.06. The van der Waals surface area contributed by atoms with Crippen LogP contribution in [0.3, 0.4) is 0 Å². The molecule has 0 fully saturated rings. The summed E-state index contributed by atoms with van der Waals surface area (Å²) in [7, 11) is 1.68. The van der Waals surface area contributed by atoms with Gasteiger partial charge in [0.15, 0.2) is 5.16 Å². The fourth-order valence-corrected chi connectivity index (χ4v) is 2.78. The monoisotopic (exact) mass is 320 g/mol. The first kappa shape index (κ1) is 16.5. The third kappa shape index (κ3) is 4.85. The molecule has 0 saturated heterocycles. The Labute approximate surface area is 134 Å². The van der Waals surface area contributed by atoms with Crippen LogP contribution in [0.5, 0.6) is 0 Å². The van der Waals surface area contributed by atoms with E-state index in [9.17, 15) is 4.79 Å². The molecule has 7 heteroatoms. The van der Waals surface area contributed by atoms with Crippen LogP contribution in [0.2, 0.25) is 0 Å². The molecule has 0 aliphatic rings. The van der Waals surface area contributed by atoms with Crippen molar-refractivity contribution >= 4 is 17.7 Å². The van der Waals surface area contributed by atoms with Gasteiger partial charge >= 0.3 is 0 Å². The number of aromatic nitrogens is 3. The number of methoxy groups -OCH3 is 1. The first-order chi connectivity index (χ1) is 10.7. The molecule has 1 aromatic heterocycles. The number of hydrogen-bond donors (Lipinski definition) is 1. The third-order valence-electron chi connectivity index (χ3n) is 3.07. The number of carbonyl (C=O) groups is 1. The Morgan fingerprint density at radius 1 is 1.32 bits per heavy atom. The van der Waals surface area contributed by atoms with E-state index in [2.05, 4.69) is 22.3 Å². The van der Waals surface area contributed by atoms with Gasteiger partial charge < -0.3 is 15.0 Å². The van der Waals surface area contributed by atoms with Gasteiger partial charge in [-0.3, -0.25) is 4.79 Å². The summed E-state index contributed by atoms with van der Waals surface area (Å²) in [5, 5.41) is 9.18. The first-order valence-corrected chi connectivity index (χ1v) is 8.05. The summed E-state index contributed by atoms with van der Waals surface area (Å²) in [4.78, 5) is 11.0. The molecule has 0 saturated carbocycles. The van der Waals surface area contributed by atoms with E-state index in [1.165, 1.54) is 17.3 Å². The highest BCUT2D eigenvalue weighted by molar-refractivity contribution is 7.99. The predicted octanol–water partition coefficient (Wildman–Crippen LogP) is 1.48. The highest BCUT2D eigenvalue weighted by Gasteiger charge is 2.13. The van der Waals surface area contributed by atoms with Gasteiger partial charge in [-0.15, -0.1) is 10.2 Å². The van der Waals surface area contributed by atoms with Crippen LogP contribution < -0.4 is 5.73 Å². The molecule has 0 atom stereocenters. The highest BCUT2D eigenvalue weighted by atomic mass is 32.2. The largest absolute Gasteiger partial charge is 0.385 e. The van der Waals surface area contributed by atoms with Crippen LogP contribution in [-0.4, -0.2) is 40.1 Å². The van der Waals surface area contributed by atoms with Crippen molar-refractivity contribution < 1.29 is 9.53 Å². The lowest BCUT2D eigenvalue weighted by atomic mass is 10.1. The van der Waals surface area contributed by atoms with Crippen molar-refractivity contribution in [3.05, 3.63) is 41.7 Å². The molecule has 0 aliphatic carbocycles. The third-order valence-corrected chi connectivity index (χ3v) is 4.06. The van der Waals surface area contributed by atoms with Gasteiger partial charge in [-0.25, -0.2) is 0 Å². The smallest absolute Gasteiger partial charge is 0.227 e. The molecule has 0 radical (unpaired) electrons. The van der Waals surface area contributed by atoms with E-state index in [0.717, 1.165) is 23.9 Å². The van der Waals surface area contributed by atoms with Gasteiger partial charge in [0.2, 0.25) is 5.91 Å². The van der Waals surface area contributed by atoms with E-state index in [1.54, 1.807) is 7.11 Å². The number of amides is 1. The van der Waals surface area contributed by atoms with Crippen molar-refractivity contribution in [2.24, 2.45) is 5.73 Å². The summed E-state index contributed by atoms with van der Waals surface area (Å²) in [5.41, 5.74) is 6.38. The van der Waals surface area contributed by atoms with Gasteiger partial charge in [-0.1, -0.05) is 42.1 Å². The Hall–Kier alpha value is -1.86. The zero-order valence-corrected chi connectivity index (χ0v) is 13.4. The minimum absolute atomic E-state index is 0.202. The lowest BCUT2D eigenvalue weighted by molar-refractivity contribution is -0.115. The maximum atomic E-state index is 11.0. The number of benzene rings is 1. The van der Waals surface area contributed by atoms with Crippen molar-refractivity contribution in [1.29, 1.82) is 0 Å². The number of carbonyl (C=O) groups excluding carboxylic acids is 1. The molecule has 2 N–H and O–H groups in total. The second kappa shape index (κ2) is 8.55. The molecular formula is C15H20N4O2S. The molecule has 0 bridgehead atoms. The van der Waals surface area contributed by atoms with Crippen molar-refractivity contribution in [3.63, 3.8) is 0 Å². The lowest BCUT2D eigenvalue weighted by Crippen LogP contribution is -2.14. The van der Waals surface area contributed by atoms with Crippen LogP contribution in [0.1, 0.15) is 17.8 Å². The summed E-state index contributed by atoms with van der Waals surface area (Å²) >= 11 is 1.32. The maximum Gasteiger partial charge on any atom is 0.227 e. The number of nitrogens with two attached hydrogens (primary N) is 1. The van der Waals surface area contributed by atoms with Crippen LogP contribution in [-0.2, 0) is 22.5 Å². The number of nitrogens with zero attached hydrogens (tertiary/aromatic N) is 3. The number of ether oxygens (including phenoxy) is 1. The Morgan fingerprint density at radius 3 is 2.77 bits per heavy atom. The van der Waals surface area contributed by atoms with Crippen LogP contribution in [0.4, 0.5) is 0 Å². The van der Waals surface area contributed by atoms with Crippen LogP contribution >= 0.6 is 11.8 Å². The highest BCUT2D eigenvalue weighted by Crippen LogP contribution is 2.19.